The van der Waals surface area contributed by atoms with E-state index in [1.807, 2.05) is 24.3 Å². The Hall–Kier alpha value is -0.960. The van der Waals surface area contributed by atoms with Gasteiger partial charge in [0.1, 0.15) is 0 Å². The van der Waals surface area contributed by atoms with Crippen LogP contribution >= 0.6 is 0 Å². The van der Waals surface area contributed by atoms with Gasteiger partial charge in [-0.05, 0) is 36.3 Å². The molecular formula is C17H24F2O. The van der Waals surface area contributed by atoms with E-state index in [2.05, 4.69) is 6.92 Å². The molecule has 1 aliphatic carbocycles. The Morgan fingerprint density at radius 1 is 1.15 bits per heavy atom. The molecule has 0 aromatic heterocycles. The number of halogens is 2. The molecule has 3 heteroatoms. The fraction of sp³-hybridized carbons (Fsp3) is 0.647. The van der Waals surface area contributed by atoms with Gasteiger partial charge in [0, 0.05) is 6.42 Å². The Morgan fingerprint density at radius 3 is 2.25 bits per heavy atom. The van der Waals surface area contributed by atoms with Crippen molar-refractivity contribution in [2.75, 3.05) is 0 Å². The van der Waals surface area contributed by atoms with Crippen LogP contribution in [0.5, 0.6) is 0 Å². The van der Waals surface area contributed by atoms with Crippen LogP contribution in [0.15, 0.2) is 24.3 Å². The summed E-state index contributed by atoms with van der Waals surface area (Å²) in [6.07, 6.45) is 2.88. The van der Waals surface area contributed by atoms with Crippen molar-refractivity contribution in [2.45, 2.75) is 63.9 Å². The van der Waals surface area contributed by atoms with E-state index in [0.29, 0.717) is 5.56 Å². The molecule has 1 N–H and O–H groups in total. The molecule has 1 aliphatic rings. The molecule has 0 heterocycles. The van der Waals surface area contributed by atoms with Crippen molar-refractivity contribution >= 4 is 0 Å². The first kappa shape index (κ1) is 15.4. The van der Waals surface area contributed by atoms with Crippen molar-refractivity contribution < 1.29 is 13.9 Å². The molecule has 0 radical (unpaired) electrons. The van der Waals surface area contributed by atoms with Crippen molar-refractivity contribution in [2.24, 2.45) is 5.92 Å². The zero-order valence-corrected chi connectivity index (χ0v) is 12.1. The lowest BCUT2D eigenvalue weighted by atomic mass is 9.71. The zero-order valence-electron chi connectivity index (χ0n) is 12.1. The predicted octanol–water partition coefficient (Wildman–Crippen LogP) is 4.67. The first-order valence-electron chi connectivity index (χ1n) is 7.66. The number of alkyl halides is 2. The largest absolute Gasteiger partial charge is 0.385 e. The molecule has 2 rings (SSSR count). The lowest BCUT2D eigenvalue weighted by molar-refractivity contribution is -0.0809. The summed E-state index contributed by atoms with van der Waals surface area (Å²) in [4.78, 5) is 0. The molecule has 1 nitrogen and oxygen atoms in total. The molecule has 0 amide bonds. The fourth-order valence-electron chi connectivity index (χ4n) is 3.36. The lowest BCUT2D eigenvalue weighted by Crippen LogP contribution is -2.38. The van der Waals surface area contributed by atoms with Crippen LogP contribution in [0.4, 0.5) is 8.78 Å². The van der Waals surface area contributed by atoms with Gasteiger partial charge in [0.05, 0.1) is 5.60 Å². The number of hydrogen-bond acceptors (Lipinski definition) is 1. The molecule has 0 saturated heterocycles. The van der Waals surface area contributed by atoms with Crippen molar-refractivity contribution in [3.63, 3.8) is 0 Å². The Labute approximate surface area is 120 Å². The summed E-state index contributed by atoms with van der Waals surface area (Å²) in [5.74, 6) is -0.0438. The van der Waals surface area contributed by atoms with Crippen molar-refractivity contribution in [1.82, 2.24) is 0 Å². The third-order valence-electron chi connectivity index (χ3n) is 4.61. The van der Waals surface area contributed by atoms with Crippen molar-refractivity contribution in [3.05, 3.63) is 35.4 Å². The van der Waals surface area contributed by atoms with Crippen LogP contribution in [0.2, 0.25) is 0 Å². The summed E-state index contributed by atoms with van der Waals surface area (Å²) in [5, 5.41) is 11.0. The van der Waals surface area contributed by atoms with Gasteiger partial charge in [-0.25, -0.2) is 8.78 Å². The van der Waals surface area contributed by atoms with Gasteiger partial charge in [-0.1, -0.05) is 50.5 Å². The molecule has 1 unspecified atom stereocenters. The van der Waals surface area contributed by atoms with E-state index in [4.69, 9.17) is 0 Å². The lowest BCUT2D eigenvalue weighted by Gasteiger charge is -2.39. The topological polar surface area (TPSA) is 20.2 Å². The molecule has 0 bridgehead atoms. The maximum atomic E-state index is 13.0. The second-order valence-corrected chi connectivity index (χ2v) is 5.90. The highest BCUT2D eigenvalue weighted by atomic mass is 19.3. The highest BCUT2D eigenvalue weighted by molar-refractivity contribution is 5.28. The molecule has 112 valence electrons. The third kappa shape index (κ3) is 3.38. The first-order valence-corrected chi connectivity index (χ1v) is 7.66. The van der Waals surface area contributed by atoms with Gasteiger partial charge >= 0.3 is 0 Å². The van der Waals surface area contributed by atoms with Gasteiger partial charge in [0.25, 0.3) is 0 Å². The van der Waals surface area contributed by atoms with E-state index < -0.39 is 18.4 Å². The van der Waals surface area contributed by atoms with Gasteiger partial charge in [-0.2, -0.15) is 0 Å². The number of benzene rings is 1. The second-order valence-electron chi connectivity index (χ2n) is 5.90. The van der Waals surface area contributed by atoms with Gasteiger partial charge in [-0.15, -0.1) is 0 Å². The molecular weight excluding hydrogens is 258 g/mol. The molecule has 1 atom stereocenters. The Balaban J connectivity index is 2.28. The Kier molecular flexibility index (Phi) is 5.14. The quantitative estimate of drug-likeness (QED) is 0.832. The number of hydrogen-bond donors (Lipinski definition) is 1. The van der Waals surface area contributed by atoms with Crippen molar-refractivity contribution in [1.29, 1.82) is 0 Å². The van der Waals surface area contributed by atoms with Gasteiger partial charge in [-0.3, -0.25) is 0 Å². The standard InChI is InChI=1S/C17H24F2O/c1-2-13-8-10-15(11-9-13)17(20,12-16(18)19)14-6-4-3-5-7-14/h8-11,14,16,20H,2-7,12H2,1H3. The van der Waals surface area contributed by atoms with Gasteiger partial charge in [0.15, 0.2) is 0 Å². The average Bonchev–Trinajstić information content (AvgIpc) is 2.47. The van der Waals surface area contributed by atoms with E-state index in [-0.39, 0.29) is 5.92 Å². The molecule has 0 aliphatic heterocycles. The smallest absolute Gasteiger partial charge is 0.241 e. The maximum absolute atomic E-state index is 13.0. The first-order chi connectivity index (χ1) is 9.56. The molecule has 1 aromatic rings. The minimum absolute atomic E-state index is 0.0438. The van der Waals surface area contributed by atoms with E-state index in [9.17, 15) is 13.9 Å². The summed E-state index contributed by atoms with van der Waals surface area (Å²) in [5.41, 5.74) is 0.444. The highest BCUT2D eigenvalue weighted by Crippen LogP contribution is 2.43. The second kappa shape index (κ2) is 6.66. The van der Waals surface area contributed by atoms with Crippen LogP contribution in [0, 0.1) is 5.92 Å². The van der Waals surface area contributed by atoms with Crippen LogP contribution in [0.1, 0.15) is 56.6 Å². The molecule has 1 fully saturated rings. The SMILES string of the molecule is CCc1ccc(C(O)(CC(F)F)C2CCCCC2)cc1. The van der Waals surface area contributed by atoms with Gasteiger partial charge in [0.2, 0.25) is 6.43 Å². The molecule has 1 aromatic carbocycles. The van der Waals surface area contributed by atoms with E-state index >= 15 is 0 Å². The van der Waals surface area contributed by atoms with E-state index in [1.165, 1.54) is 0 Å². The van der Waals surface area contributed by atoms with Crippen LogP contribution in [-0.4, -0.2) is 11.5 Å². The van der Waals surface area contributed by atoms with Crippen LogP contribution in [-0.2, 0) is 12.0 Å². The minimum atomic E-state index is -2.48. The van der Waals surface area contributed by atoms with Crippen LogP contribution in [0.3, 0.4) is 0 Å². The predicted molar refractivity (Wildman–Crippen MR) is 76.9 cm³/mol. The number of aliphatic hydroxyl groups is 1. The van der Waals surface area contributed by atoms with Crippen LogP contribution in [0.25, 0.3) is 0 Å². The Bertz CT molecular complexity index is 410. The molecule has 0 spiro atoms. The zero-order chi connectivity index (χ0) is 14.6. The normalized spacial score (nSPS) is 20.1. The summed E-state index contributed by atoms with van der Waals surface area (Å²) in [6, 6.07) is 7.54. The third-order valence-corrected chi connectivity index (χ3v) is 4.61. The maximum Gasteiger partial charge on any atom is 0.241 e. The summed E-state index contributed by atoms with van der Waals surface area (Å²) < 4.78 is 25.9. The highest BCUT2D eigenvalue weighted by Gasteiger charge is 2.41. The summed E-state index contributed by atoms with van der Waals surface area (Å²) >= 11 is 0. The number of rotatable bonds is 5. The minimum Gasteiger partial charge on any atom is -0.385 e. The van der Waals surface area contributed by atoms with Crippen LogP contribution < -0.4 is 0 Å². The Morgan fingerprint density at radius 2 is 1.75 bits per heavy atom. The van der Waals surface area contributed by atoms with Gasteiger partial charge < -0.3 is 5.11 Å². The van der Waals surface area contributed by atoms with Crippen molar-refractivity contribution in [3.8, 4) is 0 Å². The molecule has 20 heavy (non-hydrogen) atoms. The monoisotopic (exact) mass is 282 g/mol. The van der Waals surface area contributed by atoms with E-state index in [1.54, 1.807) is 0 Å². The fourth-order valence-corrected chi connectivity index (χ4v) is 3.36. The number of aryl methyl sites for hydroxylation is 1. The van der Waals surface area contributed by atoms with E-state index in [0.717, 1.165) is 44.1 Å². The molecule has 1 saturated carbocycles. The summed E-state index contributed by atoms with van der Waals surface area (Å²) in [7, 11) is 0. The average molecular weight is 282 g/mol. The summed E-state index contributed by atoms with van der Waals surface area (Å²) in [6.45, 7) is 2.06.